The van der Waals surface area contributed by atoms with Crippen LogP contribution in [0.15, 0.2) is 174 Å². The summed E-state index contributed by atoms with van der Waals surface area (Å²) in [5, 5.41) is 8.38. The Hall–Kier alpha value is -7.11. The van der Waals surface area contributed by atoms with Gasteiger partial charge in [-0.25, -0.2) is 4.98 Å². The average Bonchev–Trinajstić information content (AvgIpc) is 3.93. The molecule has 5 heterocycles. The molecule has 0 amide bonds. The predicted molar refractivity (Wildman–Crippen MR) is 215 cm³/mol. The second-order valence-corrected chi connectivity index (χ2v) is 13.6. The van der Waals surface area contributed by atoms with Gasteiger partial charge in [-0.05, 0) is 84.9 Å². The van der Waals surface area contributed by atoms with Crippen LogP contribution in [-0.2, 0) is 0 Å². The number of nitrogens with zero attached hydrogens (tertiary/aromatic N) is 4. The molecule has 0 aliphatic carbocycles. The Morgan fingerprint density at radius 3 is 1.31 bits per heavy atom. The molecule has 12 rings (SSSR count). The van der Waals surface area contributed by atoms with Gasteiger partial charge in [-0.2, -0.15) is 0 Å². The third-order valence-electron chi connectivity index (χ3n) is 10.8. The number of hydrogen-bond acceptors (Lipinski definition) is 2. The summed E-state index contributed by atoms with van der Waals surface area (Å²) in [5.74, 6) is 0.868. The smallest absolute Gasteiger partial charge is 0.154 e. The maximum atomic E-state index is 6.12. The first-order chi connectivity index (χ1) is 25.8. The summed E-state index contributed by atoms with van der Waals surface area (Å²) in [6.45, 7) is 0. The molecular weight excluding hydrogens is 637 g/mol. The molecule has 7 aromatic carbocycles. The van der Waals surface area contributed by atoms with Crippen molar-refractivity contribution in [2.24, 2.45) is 0 Å². The fourth-order valence-corrected chi connectivity index (χ4v) is 8.63. The number of fused-ring (bicyclic) bond motifs is 12. The topological polar surface area (TPSA) is 40.8 Å². The SMILES string of the molecule is c1ccc2c(c1)oc1ccc(-n3c4ccccc4c4cc(-n5c6ccccc6c6cc(-n7c8ccccc8c8ccccc87)ccc65)ccc43)nc12. The second kappa shape index (κ2) is 10.2. The van der Waals surface area contributed by atoms with Gasteiger partial charge in [0, 0.05) is 49.1 Å². The van der Waals surface area contributed by atoms with Crippen LogP contribution in [0.2, 0.25) is 0 Å². The highest BCUT2D eigenvalue weighted by Gasteiger charge is 2.19. The van der Waals surface area contributed by atoms with Gasteiger partial charge in [-0.1, -0.05) is 84.9 Å². The normalized spacial score (nSPS) is 12.2. The summed E-state index contributed by atoms with van der Waals surface area (Å²) >= 11 is 0. The van der Waals surface area contributed by atoms with Gasteiger partial charge in [0.2, 0.25) is 0 Å². The average molecular weight is 665 g/mol. The van der Waals surface area contributed by atoms with Crippen molar-refractivity contribution in [3.8, 4) is 17.2 Å². The molecule has 0 N–H and O–H groups in total. The lowest BCUT2D eigenvalue weighted by atomic mass is 10.1. The molecular formula is C47H28N4O. The predicted octanol–water partition coefficient (Wildman–Crippen LogP) is 12.3. The molecule has 5 nitrogen and oxygen atoms in total. The largest absolute Gasteiger partial charge is 0.454 e. The molecule has 5 aromatic heterocycles. The van der Waals surface area contributed by atoms with Crippen LogP contribution in [0.5, 0.6) is 0 Å². The molecule has 0 saturated carbocycles. The van der Waals surface area contributed by atoms with E-state index >= 15 is 0 Å². The third kappa shape index (κ3) is 3.69. The van der Waals surface area contributed by atoms with E-state index in [0.29, 0.717) is 0 Å². The lowest BCUT2D eigenvalue weighted by molar-refractivity contribution is 0.668. The van der Waals surface area contributed by atoms with E-state index in [9.17, 15) is 0 Å². The first-order valence-corrected chi connectivity index (χ1v) is 17.6. The minimum atomic E-state index is 0.792. The Morgan fingerprint density at radius 2 is 0.750 bits per heavy atom. The molecule has 0 bridgehead atoms. The van der Waals surface area contributed by atoms with Crippen LogP contribution in [0.25, 0.3) is 105 Å². The highest BCUT2D eigenvalue weighted by molar-refractivity contribution is 6.14. The maximum Gasteiger partial charge on any atom is 0.154 e. The summed E-state index contributed by atoms with van der Waals surface area (Å²) in [6, 6.07) is 60.7. The van der Waals surface area contributed by atoms with Crippen LogP contribution >= 0.6 is 0 Å². The molecule has 0 unspecified atom stereocenters. The van der Waals surface area contributed by atoms with Crippen molar-refractivity contribution < 1.29 is 4.42 Å². The lowest BCUT2D eigenvalue weighted by Gasteiger charge is -2.11. The van der Waals surface area contributed by atoms with Crippen LogP contribution in [0.3, 0.4) is 0 Å². The van der Waals surface area contributed by atoms with E-state index in [1.165, 1.54) is 54.4 Å². The summed E-state index contributed by atoms with van der Waals surface area (Å²) in [7, 11) is 0. The van der Waals surface area contributed by atoms with E-state index in [1.54, 1.807) is 0 Å². The first-order valence-electron chi connectivity index (χ1n) is 17.6. The molecule has 12 aromatic rings. The number of rotatable bonds is 3. The third-order valence-corrected chi connectivity index (χ3v) is 10.8. The van der Waals surface area contributed by atoms with Gasteiger partial charge in [0.05, 0.1) is 33.1 Å². The number of para-hydroxylation sites is 5. The van der Waals surface area contributed by atoms with Crippen LogP contribution in [0.4, 0.5) is 0 Å². The van der Waals surface area contributed by atoms with E-state index < -0.39 is 0 Å². The van der Waals surface area contributed by atoms with Gasteiger partial charge in [-0.3, -0.25) is 4.57 Å². The molecule has 0 spiro atoms. The van der Waals surface area contributed by atoms with Crippen LogP contribution < -0.4 is 0 Å². The Balaban J connectivity index is 1.08. The highest BCUT2D eigenvalue weighted by Crippen LogP contribution is 2.39. The first kappa shape index (κ1) is 27.7. The van der Waals surface area contributed by atoms with Crippen molar-refractivity contribution >= 4 is 87.5 Å². The molecule has 0 fully saturated rings. The number of furan rings is 1. The van der Waals surface area contributed by atoms with E-state index in [0.717, 1.165) is 50.3 Å². The number of hydrogen-bond donors (Lipinski definition) is 0. The minimum absolute atomic E-state index is 0.792. The standard InChI is InChI=1S/C47H28N4O/c1-6-16-38-31(11-1)32-12-2-7-17-39(32)49(38)29-21-23-42-36(27-29)33-13-3-8-18-40(33)50(42)30-22-24-43-37(28-30)34-14-4-9-19-41(34)51(43)46-26-25-45-47(48-46)35-15-5-10-20-44(35)52-45/h1-28H. The summed E-state index contributed by atoms with van der Waals surface area (Å²) in [4.78, 5) is 5.19. The summed E-state index contributed by atoms with van der Waals surface area (Å²) < 4.78 is 13.2. The van der Waals surface area contributed by atoms with Gasteiger partial charge in [0.1, 0.15) is 16.9 Å². The molecule has 242 valence electrons. The fourth-order valence-electron chi connectivity index (χ4n) is 8.63. The van der Waals surface area contributed by atoms with E-state index in [4.69, 9.17) is 9.40 Å². The molecule has 0 atom stereocenters. The number of benzene rings is 7. The Kier molecular flexibility index (Phi) is 5.44. The molecule has 0 aliphatic rings. The van der Waals surface area contributed by atoms with E-state index in [-0.39, 0.29) is 0 Å². The lowest BCUT2D eigenvalue weighted by Crippen LogP contribution is -1.98. The van der Waals surface area contributed by atoms with Crippen molar-refractivity contribution in [2.75, 3.05) is 0 Å². The van der Waals surface area contributed by atoms with Crippen molar-refractivity contribution in [3.63, 3.8) is 0 Å². The van der Waals surface area contributed by atoms with Crippen LogP contribution in [0, 0.1) is 0 Å². The Bertz CT molecular complexity index is 3370. The minimum Gasteiger partial charge on any atom is -0.454 e. The Labute approximate surface area is 296 Å². The molecule has 5 heteroatoms. The molecule has 52 heavy (non-hydrogen) atoms. The summed E-state index contributed by atoms with van der Waals surface area (Å²) in [5.41, 5.74) is 11.8. The van der Waals surface area contributed by atoms with Gasteiger partial charge in [0.15, 0.2) is 5.58 Å². The van der Waals surface area contributed by atoms with Crippen molar-refractivity contribution in [2.45, 2.75) is 0 Å². The quantitative estimate of drug-likeness (QED) is 0.189. The molecule has 0 aliphatic heterocycles. The number of pyridine rings is 1. The van der Waals surface area contributed by atoms with Gasteiger partial charge < -0.3 is 13.6 Å². The van der Waals surface area contributed by atoms with Crippen LogP contribution in [0.1, 0.15) is 0 Å². The fraction of sp³-hybridized carbons (Fsp3) is 0. The highest BCUT2D eigenvalue weighted by atomic mass is 16.3. The zero-order valence-corrected chi connectivity index (χ0v) is 27.9. The van der Waals surface area contributed by atoms with Crippen LogP contribution in [-0.4, -0.2) is 18.7 Å². The zero-order chi connectivity index (χ0) is 33.9. The van der Waals surface area contributed by atoms with Crippen molar-refractivity contribution in [1.82, 2.24) is 18.7 Å². The van der Waals surface area contributed by atoms with Gasteiger partial charge in [-0.15, -0.1) is 0 Å². The zero-order valence-electron chi connectivity index (χ0n) is 27.9. The van der Waals surface area contributed by atoms with Gasteiger partial charge in [0.25, 0.3) is 0 Å². The van der Waals surface area contributed by atoms with Crippen molar-refractivity contribution in [3.05, 3.63) is 170 Å². The Morgan fingerprint density at radius 1 is 0.327 bits per heavy atom. The van der Waals surface area contributed by atoms with Gasteiger partial charge >= 0.3 is 0 Å². The monoisotopic (exact) mass is 664 g/mol. The van der Waals surface area contributed by atoms with E-state index in [2.05, 4.69) is 159 Å². The second-order valence-electron chi connectivity index (χ2n) is 13.6. The summed E-state index contributed by atoms with van der Waals surface area (Å²) in [6.07, 6.45) is 0. The molecule has 0 radical (unpaired) electrons. The van der Waals surface area contributed by atoms with E-state index in [1.807, 2.05) is 24.3 Å². The molecule has 0 saturated heterocycles. The van der Waals surface area contributed by atoms with Crippen molar-refractivity contribution in [1.29, 1.82) is 0 Å². The maximum absolute atomic E-state index is 6.12. The number of aromatic nitrogens is 4.